The molecule has 2 heterocycles. The molecule has 11 heteroatoms. The molecule has 1 fully saturated rings. The Hall–Kier alpha value is -2.43. The van der Waals surface area contributed by atoms with E-state index in [1.807, 2.05) is 39.1 Å². The Morgan fingerprint density at radius 1 is 1.18 bits per heavy atom. The fourth-order valence-electron chi connectivity index (χ4n) is 4.74. The third-order valence-corrected chi connectivity index (χ3v) is 9.50. The van der Waals surface area contributed by atoms with Crippen LogP contribution in [0.3, 0.4) is 0 Å². The third-order valence-electron chi connectivity index (χ3n) is 6.66. The first kappa shape index (κ1) is 28.6. The normalized spacial score (nSPS) is 16.2. The van der Waals surface area contributed by atoms with Gasteiger partial charge in [-0.3, -0.25) is 4.79 Å². The highest BCUT2D eigenvalue weighted by Crippen LogP contribution is 2.36. The molecule has 38 heavy (non-hydrogen) atoms. The highest BCUT2D eigenvalue weighted by atomic mass is 35.5. The minimum Gasteiger partial charge on any atom is -0.487 e. The maximum Gasteiger partial charge on any atom is 0.245 e. The van der Waals surface area contributed by atoms with Gasteiger partial charge in [-0.15, -0.1) is 0 Å². The lowest BCUT2D eigenvalue weighted by Gasteiger charge is -2.24. The number of nitrogens with one attached hydrogen (secondary N) is 2. The average molecular weight is 580 g/mol. The van der Waals surface area contributed by atoms with Gasteiger partial charge in [0.25, 0.3) is 0 Å². The summed E-state index contributed by atoms with van der Waals surface area (Å²) in [7, 11) is -2.23. The molecular weight excluding hydrogens is 547 g/mol. The number of aromatic nitrogens is 1. The van der Waals surface area contributed by atoms with Crippen molar-refractivity contribution in [3.05, 3.63) is 63.3 Å². The Morgan fingerprint density at radius 3 is 2.74 bits per heavy atom. The van der Waals surface area contributed by atoms with Crippen molar-refractivity contribution in [3.63, 3.8) is 0 Å². The molecule has 0 unspecified atom stereocenters. The van der Waals surface area contributed by atoms with Crippen LogP contribution >= 0.6 is 23.2 Å². The molecule has 204 valence electrons. The van der Waals surface area contributed by atoms with E-state index in [1.165, 1.54) is 16.4 Å². The predicted molar refractivity (Wildman–Crippen MR) is 150 cm³/mol. The first-order valence-corrected chi connectivity index (χ1v) is 14.8. The number of para-hydroxylation sites is 1. The largest absolute Gasteiger partial charge is 0.487 e. The summed E-state index contributed by atoms with van der Waals surface area (Å²) >= 11 is 13.1. The summed E-state index contributed by atoms with van der Waals surface area (Å²) in [4.78, 5) is 17.3. The number of benzene rings is 2. The lowest BCUT2D eigenvalue weighted by atomic mass is 10.1. The van der Waals surface area contributed by atoms with E-state index >= 15 is 0 Å². The number of sulfonamides is 1. The van der Waals surface area contributed by atoms with E-state index in [0.717, 1.165) is 29.6 Å². The number of amides is 1. The van der Waals surface area contributed by atoms with Crippen molar-refractivity contribution < 1.29 is 17.9 Å². The van der Waals surface area contributed by atoms with Crippen LogP contribution in [0.25, 0.3) is 10.9 Å². The smallest absolute Gasteiger partial charge is 0.245 e. The van der Waals surface area contributed by atoms with Crippen molar-refractivity contribution >= 4 is 50.0 Å². The number of aryl methyl sites for hydroxylation is 2. The number of pyridine rings is 1. The van der Waals surface area contributed by atoms with E-state index in [9.17, 15) is 13.2 Å². The molecule has 2 aromatic carbocycles. The van der Waals surface area contributed by atoms with E-state index in [-0.39, 0.29) is 34.0 Å². The second-order valence-electron chi connectivity index (χ2n) is 9.38. The highest BCUT2D eigenvalue weighted by Gasteiger charge is 2.40. The van der Waals surface area contributed by atoms with Crippen molar-refractivity contribution in [2.24, 2.45) is 0 Å². The summed E-state index contributed by atoms with van der Waals surface area (Å²) in [6, 6.07) is 9.76. The van der Waals surface area contributed by atoms with Gasteiger partial charge in [0.2, 0.25) is 15.9 Å². The lowest BCUT2D eigenvalue weighted by molar-refractivity contribution is -0.124. The van der Waals surface area contributed by atoms with Crippen molar-refractivity contribution in [2.75, 3.05) is 26.7 Å². The van der Waals surface area contributed by atoms with Crippen molar-refractivity contribution in [2.45, 2.75) is 50.7 Å². The molecule has 1 saturated heterocycles. The Kier molecular flexibility index (Phi) is 9.15. The molecule has 1 aliphatic heterocycles. The molecule has 1 amide bonds. The number of ether oxygens (including phenoxy) is 1. The molecule has 0 saturated carbocycles. The van der Waals surface area contributed by atoms with Crippen molar-refractivity contribution in [1.82, 2.24) is 19.9 Å². The van der Waals surface area contributed by atoms with Crippen molar-refractivity contribution in [1.29, 1.82) is 0 Å². The maximum absolute atomic E-state index is 13.7. The highest BCUT2D eigenvalue weighted by molar-refractivity contribution is 7.89. The summed E-state index contributed by atoms with van der Waals surface area (Å²) in [6.45, 7) is 5.34. The van der Waals surface area contributed by atoms with Crippen LogP contribution in [0.1, 0.15) is 36.1 Å². The second kappa shape index (κ2) is 12.2. The van der Waals surface area contributed by atoms with E-state index in [0.29, 0.717) is 36.2 Å². The van der Waals surface area contributed by atoms with Gasteiger partial charge in [0.15, 0.2) is 0 Å². The fraction of sp³-hybridized carbons (Fsp3) is 0.407. The number of carbonyl (C=O) groups excluding carboxylic acids is 1. The monoisotopic (exact) mass is 578 g/mol. The van der Waals surface area contributed by atoms with Gasteiger partial charge >= 0.3 is 0 Å². The molecule has 0 spiro atoms. The van der Waals surface area contributed by atoms with Crippen LogP contribution in [0.5, 0.6) is 5.75 Å². The Morgan fingerprint density at radius 2 is 1.97 bits per heavy atom. The molecule has 0 radical (unpaired) electrons. The lowest BCUT2D eigenvalue weighted by Crippen LogP contribution is -2.46. The molecule has 1 aliphatic rings. The zero-order valence-corrected chi connectivity index (χ0v) is 24.0. The summed E-state index contributed by atoms with van der Waals surface area (Å²) in [5.74, 6) is 0.245. The van der Waals surface area contributed by atoms with Gasteiger partial charge in [-0.2, -0.15) is 4.31 Å². The second-order valence-corrected chi connectivity index (χ2v) is 12.0. The Bertz CT molecular complexity index is 1450. The summed E-state index contributed by atoms with van der Waals surface area (Å²) in [5.41, 5.74) is 3.00. The number of carbonyl (C=O) groups is 1. The zero-order valence-electron chi connectivity index (χ0n) is 21.7. The standard InChI is InChI=1S/C27H32Cl2N4O4S/c1-17-15-18(2)32-26-19(17)7-4-9-23(26)37-16-20-21(28)10-11-24(25(20)29)38(35,36)33-14-5-8-22(33)27(34)31-13-6-12-30-3/h4,7,9-11,15,22,30H,5-6,8,12-14,16H2,1-3H3,(H,31,34)/t22-/m0/s1. The Balaban J connectivity index is 1.59. The average Bonchev–Trinajstić information content (AvgIpc) is 3.38. The van der Waals surface area contributed by atoms with Gasteiger partial charge in [-0.05, 0) is 76.5 Å². The first-order chi connectivity index (χ1) is 18.1. The number of nitrogens with zero attached hydrogens (tertiary/aromatic N) is 2. The van der Waals surface area contributed by atoms with Crippen molar-refractivity contribution in [3.8, 4) is 5.75 Å². The van der Waals surface area contributed by atoms with Gasteiger partial charge in [0.05, 0.1) is 5.02 Å². The molecule has 0 aliphatic carbocycles. The fourth-order valence-corrected chi connectivity index (χ4v) is 7.26. The number of hydrogen-bond acceptors (Lipinski definition) is 6. The van der Waals surface area contributed by atoms with Crippen LogP contribution in [0, 0.1) is 13.8 Å². The maximum atomic E-state index is 13.7. The summed E-state index contributed by atoms with van der Waals surface area (Å²) in [6.07, 6.45) is 1.78. The number of halogens is 2. The third kappa shape index (κ3) is 5.92. The van der Waals surface area contributed by atoms with Gasteiger partial charge in [-0.25, -0.2) is 13.4 Å². The van der Waals surface area contributed by atoms with Crippen LogP contribution in [0.4, 0.5) is 0 Å². The molecular formula is C27H32Cl2N4O4S. The SMILES string of the molecule is CNCCCNC(=O)[C@@H]1CCCN1S(=O)(=O)c1ccc(Cl)c(COc2cccc3c(C)cc(C)nc23)c1Cl. The summed E-state index contributed by atoms with van der Waals surface area (Å²) < 4.78 is 34.7. The first-order valence-electron chi connectivity index (χ1n) is 12.6. The molecule has 1 atom stereocenters. The van der Waals surface area contributed by atoms with E-state index in [2.05, 4.69) is 15.6 Å². The number of rotatable bonds is 10. The molecule has 0 bridgehead atoms. The topological polar surface area (TPSA) is 101 Å². The van der Waals surface area contributed by atoms with Gasteiger partial charge in [0, 0.05) is 34.8 Å². The number of fused-ring (bicyclic) bond motifs is 1. The van der Waals surface area contributed by atoms with E-state index in [1.54, 1.807) is 6.07 Å². The van der Waals surface area contributed by atoms with Crippen LogP contribution < -0.4 is 15.4 Å². The Labute approximate surface area is 233 Å². The molecule has 1 aromatic heterocycles. The van der Waals surface area contributed by atoms with Crippen LogP contribution in [-0.4, -0.2) is 56.3 Å². The zero-order chi connectivity index (χ0) is 27.4. The molecule has 2 N–H and O–H groups in total. The minimum atomic E-state index is -4.07. The van der Waals surface area contributed by atoms with Crippen LogP contribution in [0.15, 0.2) is 41.3 Å². The predicted octanol–water partition coefficient (Wildman–Crippen LogP) is 4.62. The summed E-state index contributed by atoms with van der Waals surface area (Å²) in [5, 5.41) is 7.10. The number of hydrogen-bond donors (Lipinski definition) is 2. The van der Waals surface area contributed by atoms with E-state index in [4.69, 9.17) is 27.9 Å². The van der Waals surface area contributed by atoms with Gasteiger partial charge in [-0.1, -0.05) is 35.3 Å². The molecule has 3 aromatic rings. The van der Waals surface area contributed by atoms with Gasteiger partial charge in [0.1, 0.15) is 28.8 Å². The minimum absolute atomic E-state index is 0.0156. The quantitative estimate of drug-likeness (QED) is 0.340. The molecule has 8 nitrogen and oxygen atoms in total. The van der Waals surface area contributed by atoms with E-state index < -0.39 is 16.1 Å². The van der Waals surface area contributed by atoms with Crippen LogP contribution in [-0.2, 0) is 21.4 Å². The van der Waals surface area contributed by atoms with Gasteiger partial charge < -0.3 is 15.4 Å². The molecule has 4 rings (SSSR count). The van der Waals surface area contributed by atoms with Crippen LogP contribution in [0.2, 0.25) is 10.0 Å².